The molecule has 1 aromatic heterocycles. The number of piperidine rings is 1. The van der Waals surface area contributed by atoms with E-state index in [4.69, 9.17) is 4.52 Å². The lowest BCUT2D eigenvalue weighted by atomic mass is 9.73. The first kappa shape index (κ1) is 17.6. The summed E-state index contributed by atoms with van der Waals surface area (Å²) in [6, 6.07) is 9.43. The molecule has 1 aromatic carbocycles. The number of nitrogens with zero attached hydrogens (tertiary/aromatic N) is 3. The molecule has 0 amide bonds. The zero-order valence-corrected chi connectivity index (χ0v) is 14.3. The molecule has 7 nitrogen and oxygen atoms in total. The number of hydrogen-bond acceptors (Lipinski definition) is 6. The molecule has 134 valence electrons. The van der Waals surface area contributed by atoms with E-state index in [0.29, 0.717) is 37.6 Å². The number of carboxylic acids is 1. The molecule has 25 heavy (non-hydrogen) atoms. The van der Waals surface area contributed by atoms with E-state index >= 15 is 0 Å². The van der Waals surface area contributed by atoms with Gasteiger partial charge in [0.1, 0.15) is 5.41 Å². The molecule has 1 saturated heterocycles. The smallest absolute Gasteiger partial charge is 0.313 e. The number of aliphatic hydroxyl groups excluding tert-OH is 1. The first-order valence-corrected chi connectivity index (χ1v) is 8.52. The zero-order valence-electron chi connectivity index (χ0n) is 14.3. The van der Waals surface area contributed by atoms with Gasteiger partial charge < -0.3 is 14.7 Å². The van der Waals surface area contributed by atoms with E-state index < -0.39 is 17.5 Å². The number of rotatable bonds is 6. The molecule has 7 heteroatoms. The van der Waals surface area contributed by atoms with Crippen LogP contribution in [0.4, 0.5) is 0 Å². The normalized spacial score (nSPS) is 24.3. The molecule has 2 N–H and O–H groups in total. The number of aliphatic hydroxyl groups is 1. The molecular weight excluding hydrogens is 322 g/mol. The molecule has 1 fully saturated rings. The Morgan fingerprint density at radius 1 is 1.40 bits per heavy atom. The Bertz CT molecular complexity index is 718. The topological polar surface area (TPSA) is 99.7 Å². The lowest BCUT2D eigenvalue weighted by molar-refractivity contribution is -0.163. The van der Waals surface area contributed by atoms with Gasteiger partial charge >= 0.3 is 5.97 Å². The molecule has 2 heterocycles. The van der Waals surface area contributed by atoms with Crippen LogP contribution in [0.2, 0.25) is 0 Å². The number of carboxylic acid groups (broad SMARTS) is 1. The molecule has 1 aliphatic heterocycles. The fourth-order valence-corrected chi connectivity index (χ4v) is 3.41. The van der Waals surface area contributed by atoms with Crippen molar-refractivity contribution in [2.24, 2.45) is 5.41 Å². The Morgan fingerprint density at radius 2 is 2.16 bits per heavy atom. The van der Waals surface area contributed by atoms with Crippen LogP contribution in [0.25, 0.3) is 0 Å². The van der Waals surface area contributed by atoms with Crippen molar-refractivity contribution in [2.45, 2.75) is 38.8 Å². The Morgan fingerprint density at radius 3 is 2.80 bits per heavy atom. The van der Waals surface area contributed by atoms with Gasteiger partial charge in [0.05, 0.1) is 12.6 Å². The zero-order chi connectivity index (χ0) is 17.9. The van der Waals surface area contributed by atoms with Crippen LogP contribution in [0, 0.1) is 5.41 Å². The molecule has 2 aromatic rings. The Hall–Kier alpha value is -2.25. The average Bonchev–Trinajstić information content (AvgIpc) is 3.06. The van der Waals surface area contributed by atoms with Gasteiger partial charge in [0, 0.05) is 19.5 Å². The molecule has 1 aliphatic rings. The SMILES string of the molecule is CCc1noc(CN2CCC(O)[C@@](Cc3ccccc3)(C(=O)O)C2)n1. The van der Waals surface area contributed by atoms with Crippen molar-refractivity contribution in [2.75, 3.05) is 13.1 Å². The van der Waals surface area contributed by atoms with E-state index in [1.807, 2.05) is 42.2 Å². The summed E-state index contributed by atoms with van der Waals surface area (Å²) in [7, 11) is 0. The maximum absolute atomic E-state index is 12.1. The van der Waals surface area contributed by atoms with E-state index in [0.717, 1.165) is 5.56 Å². The Labute approximate surface area is 146 Å². The highest BCUT2D eigenvalue weighted by atomic mass is 16.5. The van der Waals surface area contributed by atoms with Crippen LogP contribution >= 0.6 is 0 Å². The Kier molecular flexibility index (Phi) is 5.15. The third-order valence-electron chi connectivity index (χ3n) is 4.84. The van der Waals surface area contributed by atoms with Crippen molar-refractivity contribution in [1.82, 2.24) is 15.0 Å². The molecule has 0 spiro atoms. The van der Waals surface area contributed by atoms with Crippen LogP contribution in [0.5, 0.6) is 0 Å². The monoisotopic (exact) mass is 345 g/mol. The van der Waals surface area contributed by atoms with Gasteiger partial charge in [-0.25, -0.2) is 0 Å². The second-order valence-corrected chi connectivity index (χ2v) is 6.60. The third kappa shape index (κ3) is 3.72. The summed E-state index contributed by atoms with van der Waals surface area (Å²) < 4.78 is 5.22. The first-order chi connectivity index (χ1) is 12.0. The number of likely N-dealkylation sites (tertiary alicyclic amines) is 1. The number of benzene rings is 1. The molecule has 1 unspecified atom stereocenters. The van der Waals surface area contributed by atoms with Gasteiger partial charge in [0.15, 0.2) is 5.82 Å². The van der Waals surface area contributed by atoms with E-state index in [1.54, 1.807) is 0 Å². The fourth-order valence-electron chi connectivity index (χ4n) is 3.41. The lowest BCUT2D eigenvalue weighted by Gasteiger charge is -2.43. The van der Waals surface area contributed by atoms with Crippen molar-refractivity contribution < 1.29 is 19.5 Å². The van der Waals surface area contributed by atoms with Gasteiger partial charge in [0.2, 0.25) is 5.89 Å². The van der Waals surface area contributed by atoms with Crippen molar-refractivity contribution in [3.63, 3.8) is 0 Å². The van der Waals surface area contributed by atoms with Crippen molar-refractivity contribution in [3.8, 4) is 0 Å². The fraction of sp³-hybridized carbons (Fsp3) is 0.500. The van der Waals surface area contributed by atoms with Crippen LogP contribution in [-0.2, 0) is 24.2 Å². The molecule has 0 aliphatic carbocycles. The first-order valence-electron chi connectivity index (χ1n) is 8.52. The summed E-state index contributed by atoms with van der Waals surface area (Å²) in [4.78, 5) is 18.4. The van der Waals surface area contributed by atoms with Crippen LogP contribution < -0.4 is 0 Å². The summed E-state index contributed by atoms with van der Waals surface area (Å²) in [5.41, 5.74) is -0.343. The maximum atomic E-state index is 12.1. The van der Waals surface area contributed by atoms with Crippen LogP contribution in [-0.4, -0.2) is 50.4 Å². The predicted octanol–water partition coefficient (Wildman–Crippen LogP) is 1.51. The lowest BCUT2D eigenvalue weighted by Crippen LogP contribution is -2.56. The van der Waals surface area contributed by atoms with Crippen molar-refractivity contribution >= 4 is 5.97 Å². The quantitative estimate of drug-likeness (QED) is 0.818. The van der Waals surface area contributed by atoms with E-state index in [1.165, 1.54) is 0 Å². The average molecular weight is 345 g/mol. The summed E-state index contributed by atoms with van der Waals surface area (Å²) in [5, 5.41) is 24.3. The second kappa shape index (κ2) is 7.33. The standard InChI is InChI=1S/C18H23N3O4/c1-2-15-19-16(25-20-15)11-21-9-8-14(22)18(12-21,17(23)24)10-13-6-4-3-5-7-13/h3-7,14,22H,2,8-12H2,1H3,(H,23,24)/t14?,18-/m0/s1. The van der Waals surface area contributed by atoms with Gasteiger partial charge in [0.25, 0.3) is 0 Å². The Balaban J connectivity index is 1.79. The maximum Gasteiger partial charge on any atom is 0.313 e. The van der Waals surface area contributed by atoms with Crippen molar-refractivity contribution in [1.29, 1.82) is 0 Å². The van der Waals surface area contributed by atoms with E-state index in [9.17, 15) is 15.0 Å². The van der Waals surface area contributed by atoms with Crippen LogP contribution in [0.1, 0.15) is 30.6 Å². The second-order valence-electron chi connectivity index (χ2n) is 6.60. The minimum absolute atomic E-state index is 0.238. The summed E-state index contributed by atoms with van der Waals surface area (Å²) in [6.07, 6.45) is 0.476. The summed E-state index contributed by atoms with van der Waals surface area (Å²) in [5.74, 6) is 0.140. The molecular formula is C18H23N3O4. The van der Waals surface area contributed by atoms with Gasteiger partial charge in [-0.1, -0.05) is 42.4 Å². The van der Waals surface area contributed by atoms with Gasteiger partial charge in [-0.3, -0.25) is 9.69 Å². The minimum Gasteiger partial charge on any atom is -0.481 e. The molecule has 3 rings (SSSR count). The summed E-state index contributed by atoms with van der Waals surface area (Å²) >= 11 is 0. The van der Waals surface area contributed by atoms with Gasteiger partial charge in [-0.15, -0.1) is 0 Å². The van der Waals surface area contributed by atoms with E-state index in [2.05, 4.69) is 10.1 Å². The van der Waals surface area contributed by atoms with Gasteiger partial charge in [-0.2, -0.15) is 4.98 Å². The third-order valence-corrected chi connectivity index (χ3v) is 4.84. The molecule has 0 radical (unpaired) electrons. The number of aryl methyl sites for hydroxylation is 1. The highest BCUT2D eigenvalue weighted by Crippen LogP contribution is 2.35. The largest absolute Gasteiger partial charge is 0.481 e. The number of hydrogen-bond donors (Lipinski definition) is 2. The molecule has 0 saturated carbocycles. The van der Waals surface area contributed by atoms with E-state index in [-0.39, 0.29) is 13.0 Å². The number of aromatic nitrogens is 2. The molecule has 2 atom stereocenters. The highest BCUT2D eigenvalue weighted by Gasteiger charge is 2.49. The van der Waals surface area contributed by atoms with Gasteiger partial charge in [-0.05, 0) is 18.4 Å². The number of carbonyl (C=O) groups is 1. The van der Waals surface area contributed by atoms with Crippen LogP contribution in [0.15, 0.2) is 34.9 Å². The summed E-state index contributed by atoms with van der Waals surface area (Å²) in [6.45, 7) is 3.17. The highest BCUT2D eigenvalue weighted by molar-refractivity contribution is 5.76. The minimum atomic E-state index is -1.24. The molecule has 0 bridgehead atoms. The van der Waals surface area contributed by atoms with Crippen molar-refractivity contribution in [3.05, 3.63) is 47.6 Å². The predicted molar refractivity (Wildman–Crippen MR) is 89.8 cm³/mol. The number of aliphatic carboxylic acids is 1. The van der Waals surface area contributed by atoms with Crippen LogP contribution in [0.3, 0.4) is 0 Å².